The van der Waals surface area contributed by atoms with E-state index in [1.165, 1.54) is 47.8 Å². The first-order valence-electron chi connectivity index (χ1n) is 10.5. The number of hydrogen-bond acceptors (Lipinski definition) is 6. The molecule has 0 radical (unpaired) electrons. The van der Waals surface area contributed by atoms with Crippen LogP contribution in [0.5, 0.6) is 0 Å². The van der Waals surface area contributed by atoms with E-state index in [4.69, 9.17) is 0 Å². The van der Waals surface area contributed by atoms with E-state index < -0.39 is 15.8 Å². The molecule has 0 aliphatic carbocycles. The summed E-state index contributed by atoms with van der Waals surface area (Å²) in [6.07, 6.45) is 2.96. The molecule has 170 valence electrons. The molecule has 3 aromatic carbocycles. The average Bonchev–Trinajstić information content (AvgIpc) is 3.29. The van der Waals surface area contributed by atoms with Crippen LogP contribution in [0.4, 0.5) is 0 Å². The van der Waals surface area contributed by atoms with Gasteiger partial charge in [-0.15, -0.1) is 11.3 Å². The lowest BCUT2D eigenvalue weighted by atomic mass is 10.0. The second kappa shape index (κ2) is 8.80. The number of carboxylic acids is 1. The zero-order chi connectivity index (χ0) is 24.6. The minimum Gasteiger partial charge on any atom is -0.478 e. The number of sulfone groups is 1. The van der Waals surface area contributed by atoms with E-state index in [1.54, 1.807) is 30.3 Å². The van der Waals surface area contributed by atoms with Crippen LogP contribution in [0.1, 0.15) is 26.5 Å². The van der Waals surface area contributed by atoms with Gasteiger partial charge >= 0.3 is 5.97 Å². The van der Waals surface area contributed by atoms with Gasteiger partial charge in [-0.05, 0) is 53.1 Å². The van der Waals surface area contributed by atoms with Crippen LogP contribution < -0.4 is 0 Å². The molecule has 0 fully saturated rings. The molecule has 0 saturated heterocycles. The van der Waals surface area contributed by atoms with E-state index >= 15 is 0 Å². The third-order valence-corrected chi connectivity index (χ3v) is 8.45. The number of para-hydroxylation sites is 1. The Labute approximate surface area is 205 Å². The molecule has 0 bridgehead atoms. The summed E-state index contributed by atoms with van der Waals surface area (Å²) in [5.74, 6) is -1.11. The summed E-state index contributed by atoms with van der Waals surface area (Å²) in [4.78, 5) is 15.9. The molecular weight excluding hydrogens is 480 g/mol. The molecule has 35 heavy (non-hydrogen) atoms. The molecule has 1 aromatic heterocycles. The molecule has 4 aromatic rings. The van der Waals surface area contributed by atoms with Gasteiger partial charge in [0.1, 0.15) is 11.1 Å². The van der Waals surface area contributed by atoms with Crippen LogP contribution in [0.3, 0.4) is 0 Å². The maximum atomic E-state index is 13.7. The van der Waals surface area contributed by atoms with Gasteiger partial charge in [0, 0.05) is 0 Å². The number of fused-ring (bicyclic) bond motifs is 1. The second-order valence-corrected chi connectivity index (χ2v) is 10.6. The molecule has 8 heteroatoms. The fourth-order valence-electron chi connectivity index (χ4n) is 3.81. The van der Waals surface area contributed by atoms with E-state index in [9.17, 15) is 23.6 Å². The fourth-order valence-corrected chi connectivity index (χ4v) is 6.49. The molecule has 1 aliphatic heterocycles. The lowest BCUT2D eigenvalue weighted by molar-refractivity contribution is 0.0697. The predicted molar refractivity (Wildman–Crippen MR) is 137 cm³/mol. The summed E-state index contributed by atoms with van der Waals surface area (Å²) in [5.41, 5.74) is 2.29. The number of rotatable bonds is 4. The van der Waals surface area contributed by atoms with Crippen molar-refractivity contribution in [2.75, 3.05) is 0 Å². The minimum absolute atomic E-state index is 0.0142. The Hall–Kier alpha value is -4.32. The summed E-state index contributed by atoms with van der Waals surface area (Å²) >= 11 is 1.36. The Kier molecular flexibility index (Phi) is 5.65. The van der Waals surface area contributed by atoms with E-state index in [-0.39, 0.29) is 20.9 Å². The maximum absolute atomic E-state index is 13.7. The first kappa shape index (κ1) is 22.5. The van der Waals surface area contributed by atoms with Crippen molar-refractivity contribution in [3.63, 3.8) is 0 Å². The summed E-state index contributed by atoms with van der Waals surface area (Å²) in [5, 5.41) is 19.8. The Morgan fingerprint density at radius 2 is 1.46 bits per heavy atom. The van der Waals surface area contributed by atoms with Crippen LogP contribution in [0.2, 0.25) is 0 Å². The maximum Gasteiger partial charge on any atom is 0.335 e. The molecule has 0 amide bonds. The van der Waals surface area contributed by atoms with Crippen LogP contribution in [0, 0.1) is 11.3 Å². The third-order valence-electron chi connectivity index (χ3n) is 5.54. The average molecular weight is 497 g/mol. The number of carboxylic acid groups (broad SMARTS) is 1. The Morgan fingerprint density at radius 3 is 2.06 bits per heavy atom. The van der Waals surface area contributed by atoms with Gasteiger partial charge in [-0.1, -0.05) is 54.6 Å². The number of aromatic nitrogens is 1. The first-order chi connectivity index (χ1) is 16.9. The normalized spacial score (nSPS) is 16.2. The molecule has 1 aliphatic rings. The zero-order valence-electron chi connectivity index (χ0n) is 18.0. The molecule has 6 nitrogen and oxygen atoms in total. The highest BCUT2D eigenvalue weighted by Gasteiger charge is 2.31. The van der Waals surface area contributed by atoms with Crippen LogP contribution in [0.25, 0.3) is 25.6 Å². The monoisotopic (exact) mass is 496 g/mol. The lowest BCUT2D eigenvalue weighted by Gasteiger charge is -2.19. The smallest absolute Gasteiger partial charge is 0.335 e. The second-order valence-electron chi connectivity index (χ2n) is 7.70. The minimum atomic E-state index is -3.97. The van der Waals surface area contributed by atoms with Crippen LogP contribution in [-0.4, -0.2) is 24.5 Å². The van der Waals surface area contributed by atoms with Crippen molar-refractivity contribution < 1.29 is 18.3 Å². The first-order valence-corrected chi connectivity index (χ1v) is 12.8. The van der Waals surface area contributed by atoms with Crippen molar-refractivity contribution in [2.45, 2.75) is 0 Å². The van der Waals surface area contributed by atoms with Crippen molar-refractivity contribution in [1.29, 1.82) is 5.26 Å². The number of benzene rings is 3. The van der Waals surface area contributed by atoms with E-state index in [0.717, 1.165) is 10.2 Å². The molecule has 1 N–H and O–H groups in total. The van der Waals surface area contributed by atoms with Gasteiger partial charge in [-0.25, -0.2) is 18.2 Å². The number of allylic oxidation sites excluding steroid dienone is 4. The summed E-state index contributed by atoms with van der Waals surface area (Å²) in [7, 11) is -3.97. The van der Waals surface area contributed by atoms with Crippen LogP contribution >= 0.6 is 11.3 Å². The van der Waals surface area contributed by atoms with Gasteiger partial charge in [-0.3, -0.25) is 0 Å². The fraction of sp³-hybridized carbons (Fsp3) is 0. The van der Waals surface area contributed by atoms with Gasteiger partial charge in [0.25, 0.3) is 0 Å². The molecule has 5 rings (SSSR count). The van der Waals surface area contributed by atoms with Crippen molar-refractivity contribution >= 4 is 52.7 Å². The van der Waals surface area contributed by atoms with Crippen molar-refractivity contribution in [3.05, 3.63) is 118 Å². The van der Waals surface area contributed by atoms with Crippen molar-refractivity contribution in [2.24, 2.45) is 0 Å². The largest absolute Gasteiger partial charge is 0.478 e. The highest BCUT2D eigenvalue weighted by molar-refractivity contribution is 8.09. The summed E-state index contributed by atoms with van der Waals surface area (Å²) in [6.45, 7) is 0. The van der Waals surface area contributed by atoms with Gasteiger partial charge in [0.05, 0.1) is 31.2 Å². The van der Waals surface area contributed by atoms with Crippen molar-refractivity contribution in [3.8, 4) is 6.07 Å². The molecule has 0 saturated carbocycles. The summed E-state index contributed by atoms with van der Waals surface area (Å²) < 4.78 is 28.3. The topological polar surface area (TPSA) is 108 Å². The molecule has 0 atom stereocenters. The molecule has 0 spiro atoms. The van der Waals surface area contributed by atoms with Gasteiger partial charge in [-0.2, -0.15) is 5.26 Å². The molecule has 2 heterocycles. The van der Waals surface area contributed by atoms with Crippen LogP contribution in [0.15, 0.2) is 96.6 Å². The Morgan fingerprint density at radius 1 is 0.857 bits per heavy atom. The highest BCUT2D eigenvalue weighted by Crippen LogP contribution is 2.41. The number of thiazole rings is 1. The van der Waals surface area contributed by atoms with Gasteiger partial charge < -0.3 is 5.11 Å². The third kappa shape index (κ3) is 4.08. The number of nitriles is 1. The number of hydrogen-bond donors (Lipinski definition) is 1. The summed E-state index contributed by atoms with van der Waals surface area (Å²) in [6, 6.07) is 24.0. The van der Waals surface area contributed by atoms with E-state index in [1.807, 2.05) is 24.3 Å². The Bertz CT molecular complexity index is 1690. The molecular formula is C27H16N2O4S2. The lowest BCUT2D eigenvalue weighted by Crippen LogP contribution is -2.11. The number of nitrogens with zero attached hydrogens (tertiary/aromatic N) is 2. The highest BCUT2D eigenvalue weighted by atomic mass is 32.2. The SMILES string of the molecule is N#C/C(=C1/C=C(c2ccccc2)S(=O)(=O)C(c2ccc(C(=O)O)cc2)=C1)c1nc2ccccc2s1. The standard InChI is InChI=1S/C27H16N2O4S2/c28-16-21(26-29-22-8-4-5-9-23(22)34-26)20-14-24(17-6-2-1-3-7-17)35(32,33)25(15-20)18-10-12-19(13-11-18)27(30)31/h1-15H,(H,30,31)/b21-20+. The van der Waals surface area contributed by atoms with Crippen molar-refractivity contribution in [1.82, 2.24) is 4.98 Å². The quantitative estimate of drug-likeness (QED) is 0.359. The van der Waals surface area contributed by atoms with E-state index in [0.29, 0.717) is 21.7 Å². The molecule has 0 unspecified atom stereocenters. The Balaban J connectivity index is 1.77. The number of carbonyl (C=O) groups is 1. The number of aromatic carboxylic acids is 1. The van der Waals surface area contributed by atoms with Gasteiger partial charge in [0.2, 0.25) is 9.84 Å². The van der Waals surface area contributed by atoms with Crippen LogP contribution in [-0.2, 0) is 9.84 Å². The zero-order valence-corrected chi connectivity index (χ0v) is 19.7. The van der Waals surface area contributed by atoms with E-state index in [2.05, 4.69) is 11.1 Å². The predicted octanol–water partition coefficient (Wildman–Crippen LogP) is 5.78. The van der Waals surface area contributed by atoms with Gasteiger partial charge in [0.15, 0.2) is 0 Å².